The van der Waals surface area contributed by atoms with Crippen LogP contribution < -0.4 is 5.46 Å². The number of ether oxygens (including phenoxy) is 1. The molecule has 0 saturated carbocycles. The van der Waals surface area contributed by atoms with E-state index in [-0.39, 0.29) is 18.3 Å². The van der Waals surface area contributed by atoms with Gasteiger partial charge in [0.15, 0.2) is 5.82 Å². The Kier molecular flexibility index (Phi) is 6.11. The van der Waals surface area contributed by atoms with E-state index in [9.17, 15) is 0 Å². The third-order valence-corrected chi connectivity index (χ3v) is 7.50. The summed E-state index contributed by atoms with van der Waals surface area (Å²) in [7, 11) is -1.44. The van der Waals surface area contributed by atoms with E-state index in [2.05, 4.69) is 76.5 Å². The summed E-state index contributed by atoms with van der Waals surface area (Å²) in [6.07, 6.45) is 1.72. The maximum absolute atomic E-state index is 6.19. The lowest BCUT2D eigenvalue weighted by atomic mass is 9.76. The molecule has 0 bridgehead atoms. The average Bonchev–Trinajstić information content (AvgIpc) is 3.13. The molecule has 2 aromatic rings. The van der Waals surface area contributed by atoms with Crippen LogP contribution in [-0.4, -0.2) is 47.8 Å². The van der Waals surface area contributed by atoms with Crippen LogP contribution in [0.4, 0.5) is 0 Å². The molecule has 3 rings (SSSR count). The van der Waals surface area contributed by atoms with E-state index in [4.69, 9.17) is 14.0 Å². The number of hydrogen-bond acceptors (Lipinski definition) is 5. The van der Waals surface area contributed by atoms with E-state index < -0.39 is 8.07 Å². The van der Waals surface area contributed by atoms with Gasteiger partial charge in [0.05, 0.1) is 11.2 Å². The highest BCUT2D eigenvalue weighted by atomic mass is 28.3. The van der Waals surface area contributed by atoms with E-state index in [1.54, 1.807) is 11.0 Å². The second kappa shape index (κ2) is 7.98. The van der Waals surface area contributed by atoms with Crippen LogP contribution in [0.3, 0.4) is 0 Å². The van der Waals surface area contributed by atoms with Gasteiger partial charge in [0, 0.05) is 20.2 Å². The molecule has 1 aromatic heterocycles. The number of hydrogen-bond donors (Lipinski definition) is 0. The van der Waals surface area contributed by atoms with E-state index in [0.29, 0.717) is 12.6 Å². The second-order valence-electron chi connectivity index (χ2n) is 10.1. The highest BCUT2D eigenvalue weighted by molar-refractivity contribution is 6.76. The highest BCUT2D eigenvalue weighted by Gasteiger charge is 2.52. The number of rotatable bonds is 7. The van der Waals surface area contributed by atoms with Crippen LogP contribution in [0.2, 0.25) is 25.7 Å². The molecule has 158 valence electrons. The minimum absolute atomic E-state index is 0.349. The first-order valence-corrected chi connectivity index (χ1v) is 14.0. The molecule has 29 heavy (non-hydrogen) atoms. The monoisotopic (exact) mass is 415 g/mol. The van der Waals surface area contributed by atoms with Crippen molar-refractivity contribution < 1.29 is 14.0 Å². The smallest absolute Gasteiger partial charge is 0.399 e. The molecule has 0 radical (unpaired) electrons. The van der Waals surface area contributed by atoms with Gasteiger partial charge in [-0.2, -0.15) is 0 Å². The Hall–Kier alpha value is -1.48. The van der Waals surface area contributed by atoms with E-state index in [1.165, 1.54) is 0 Å². The Bertz CT molecular complexity index is 845. The van der Waals surface area contributed by atoms with E-state index in [0.717, 1.165) is 29.2 Å². The van der Waals surface area contributed by atoms with Crippen LogP contribution in [-0.2, 0) is 20.8 Å². The topological polar surface area (TPSA) is 58.4 Å². The minimum Gasteiger partial charge on any atom is -0.399 e. The molecular weight excluding hydrogens is 381 g/mol. The highest BCUT2D eigenvalue weighted by Crippen LogP contribution is 2.36. The van der Waals surface area contributed by atoms with E-state index in [1.807, 2.05) is 6.07 Å². The molecule has 6 nitrogen and oxygen atoms in total. The van der Waals surface area contributed by atoms with Crippen molar-refractivity contribution in [3.8, 4) is 11.4 Å². The van der Waals surface area contributed by atoms with Crippen molar-refractivity contribution in [2.75, 3.05) is 6.61 Å². The summed E-state index contributed by atoms with van der Waals surface area (Å²) in [5.41, 5.74) is 2.42. The van der Waals surface area contributed by atoms with Gasteiger partial charge in [-0.05, 0) is 52.2 Å². The van der Waals surface area contributed by atoms with Crippen LogP contribution in [0.5, 0.6) is 0 Å². The molecule has 0 aliphatic carbocycles. The number of aryl methyl sites for hydroxylation is 1. The van der Waals surface area contributed by atoms with Gasteiger partial charge in [-0.15, -0.1) is 5.10 Å². The second-order valence-corrected chi connectivity index (χ2v) is 15.7. The maximum Gasteiger partial charge on any atom is 0.495 e. The largest absolute Gasteiger partial charge is 0.495 e. The van der Waals surface area contributed by atoms with Crippen LogP contribution in [0.25, 0.3) is 11.4 Å². The first-order valence-electron chi connectivity index (χ1n) is 10.3. The quantitative estimate of drug-likeness (QED) is 0.508. The standard InChI is InChI=1S/C21H34BN3O3Si/c1-16-13-17(9-10-18(16)22-27-20(2,3)21(4,5)28-22)19-23-14-25(24-19)15-26-11-12-29(6,7)8/h9-10,13-14H,11-12,15H2,1-8H3. The Labute approximate surface area is 176 Å². The van der Waals surface area contributed by atoms with Crippen LogP contribution >= 0.6 is 0 Å². The maximum atomic E-state index is 6.19. The number of nitrogens with zero attached hydrogens (tertiary/aromatic N) is 3. The van der Waals surface area contributed by atoms with Crippen LogP contribution in [0.1, 0.15) is 33.3 Å². The summed E-state index contributed by atoms with van der Waals surface area (Å²) in [5, 5.41) is 4.56. The first kappa shape index (κ1) is 22.2. The molecule has 8 heteroatoms. The zero-order chi connectivity index (χ0) is 21.4. The lowest BCUT2D eigenvalue weighted by Crippen LogP contribution is -2.41. The Morgan fingerprint density at radius 1 is 1.10 bits per heavy atom. The Morgan fingerprint density at radius 3 is 2.34 bits per heavy atom. The third-order valence-electron chi connectivity index (χ3n) is 5.79. The minimum atomic E-state index is -1.07. The van der Waals surface area contributed by atoms with Gasteiger partial charge < -0.3 is 14.0 Å². The van der Waals surface area contributed by atoms with Crippen molar-refractivity contribution in [3.63, 3.8) is 0 Å². The zero-order valence-electron chi connectivity index (χ0n) is 19.1. The molecule has 1 aliphatic heterocycles. The van der Waals surface area contributed by atoms with Crippen molar-refractivity contribution in [1.82, 2.24) is 14.8 Å². The zero-order valence-corrected chi connectivity index (χ0v) is 20.1. The predicted molar refractivity (Wildman–Crippen MR) is 120 cm³/mol. The molecule has 2 heterocycles. The fourth-order valence-electron chi connectivity index (χ4n) is 3.07. The molecule has 0 atom stereocenters. The van der Waals surface area contributed by atoms with Gasteiger partial charge in [0.2, 0.25) is 0 Å². The molecule has 1 aromatic carbocycles. The van der Waals surface area contributed by atoms with Gasteiger partial charge in [-0.25, -0.2) is 9.67 Å². The van der Waals surface area contributed by atoms with Gasteiger partial charge in [-0.3, -0.25) is 0 Å². The van der Waals surface area contributed by atoms with Crippen molar-refractivity contribution in [3.05, 3.63) is 30.1 Å². The van der Waals surface area contributed by atoms with Gasteiger partial charge in [0.25, 0.3) is 0 Å². The molecule has 0 spiro atoms. The summed E-state index contributed by atoms with van der Waals surface area (Å²) in [4.78, 5) is 4.45. The van der Waals surface area contributed by atoms with Gasteiger partial charge >= 0.3 is 7.12 Å². The molecular formula is C21H34BN3O3Si. The molecule has 1 aliphatic rings. The molecule has 0 amide bonds. The molecule has 0 unspecified atom stereocenters. The van der Waals surface area contributed by atoms with Crippen LogP contribution in [0, 0.1) is 6.92 Å². The molecule has 0 N–H and O–H groups in total. The van der Waals surface area contributed by atoms with Crippen molar-refractivity contribution in [2.45, 2.75) is 78.2 Å². The first-order chi connectivity index (χ1) is 13.4. The summed E-state index contributed by atoms with van der Waals surface area (Å²) >= 11 is 0. The fourth-order valence-corrected chi connectivity index (χ4v) is 3.83. The van der Waals surface area contributed by atoms with Gasteiger partial charge in [-0.1, -0.05) is 37.3 Å². The molecule has 1 fully saturated rings. The average molecular weight is 415 g/mol. The third kappa shape index (κ3) is 5.17. The van der Waals surface area contributed by atoms with E-state index >= 15 is 0 Å². The SMILES string of the molecule is Cc1cc(-c2ncn(COCC[Si](C)(C)C)n2)ccc1B1OC(C)(C)C(C)(C)O1. The lowest BCUT2D eigenvalue weighted by Gasteiger charge is -2.32. The Morgan fingerprint density at radius 2 is 1.76 bits per heavy atom. The van der Waals surface area contributed by atoms with Crippen LogP contribution in [0.15, 0.2) is 24.5 Å². The van der Waals surface area contributed by atoms with Crippen molar-refractivity contribution >= 4 is 20.7 Å². The Balaban J connectivity index is 1.66. The molecule has 1 saturated heterocycles. The predicted octanol–water partition coefficient (Wildman–Crippen LogP) is 3.87. The van der Waals surface area contributed by atoms with Gasteiger partial charge in [0.1, 0.15) is 13.1 Å². The normalized spacial score (nSPS) is 18.4. The summed E-state index contributed by atoms with van der Waals surface area (Å²) < 4.78 is 19.9. The summed E-state index contributed by atoms with van der Waals surface area (Å²) in [5.74, 6) is 0.697. The van der Waals surface area contributed by atoms with Crippen molar-refractivity contribution in [1.29, 1.82) is 0 Å². The lowest BCUT2D eigenvalue weighted by molar-refractivity contribution is 0.00578. The number of aromatic nitrogens is 3. The summed E-state index contributed by atoms with van der Waals surface area (Å²) in [6, 6.07) is 7.32. The summed E-state index contributed by atoms with van der Waals surface area (Å²) in [6.45, 7) is 18.6. The number of benzene rings is 1. The van der Waals surface area contributed by atoms with Crippen molar-refractivity contribution in [2.24, 2.45) is 0 Å². The fraction of sp³-hybridized carbons (Fsp3) is 0.619.